The van der Waals surface area contributed by atoms with Crippen molar-refractivity contribution in [3.8, 4) is 0 Å². The van der Waals surface area contributed by atoms with Gasteiger partial charge in [0.1, 0.15) is 0 Å². The van der Waals surface area contributed by atoms with E-state index >= 15 is 0 Å². The highest BCUT2D eigenvalue weighted by Crippen LogP contribution is 2.23. The quantitative estimate of drug-likeness (QED) is 0.762. The maximum absolute atomic E-state index is 12.4. The van der Waals surface area contributed by atoms with Crippen LogP contribution in [0, 0.1) is 19.8 Å². The minimum atomic E-state index is -0.00627. The molecule has 2 N–H and O–H groups in total. The number of benzene rings is 2. The van der Waals surface area contributed by atoms with Gasteiger partial charge >= 0.3 is 0 Å². The summed E-state index contributed by atoms with van der Waals surface area (Å²) < 4.78 is 0. The Labute approximate surface area is 151 Å². The van der Waals surface area contributed by atoms with Gasteiger partial charge in [-0.1, -0.05) is 63.2 Å². The number of amides is 1. The maximum Gasteiger partial charge on any atom is 0.238 e. The Kier molecular flexibility index (Phi) is 6.77. The van der Waals surface area contributed by atoms with Gasteiger partial charge in [0.15, 0.2) is 0 Å². The monoisotopic (exact) mass is 338 g/mol. The number of carbonyl (C=O) groups excluding carboxylic acids is 1. The fourth-order valence-electron chi connectivity index (χ4n) is 3.10. The van der Waals surface area contributed by atoms with Gasteiger partial charge in [-0.15, -0.1) is 0 Å². The lowest BCUT2D eigenvalue weighted by atomic mass is 9.95. The van der Waals surface area contributed by atoms with Gasteiger partial charge in [-0.05, 0) is 48.4 Å². The van der Waals surface area contributed by atoms with Crippen molar-refractivity contribution < 1.29 is 4.79 Å². The molecule has 134 valence electrons. The highest BCUT2D eigenvalue weighted by atomic mass is 16.1. The molecule has 0 spiro atoms. The first kappa shape index (κ1) is 19.2. The van der Waals surface area contributed by atoms with Gasteiger partial charge < -0.3 is 10.6 Å². The highest BCUT2D eigenvalue weighted by molar-refractivity contribution is 5.93. The molecule has 2 rings (SSSR count). The molecule has 0 bridgehead atoms. The minimum absolute atomic E-state index is 0.00627. The number of rotatable bonds is 7. The molecule has 0 saturated carbocycles. The van der Waals surface area contributed by atoms with Gasteiger partial charge in [-0.25, -0.2) is 0 Å². The molecule has 0 radical (unpaired) electrons. The molecule has 3 nitrogen and oxygen atoms in total. The summed E-state index contributed by atoms with van der Waals surface area (Å²) in [4.78, 5) is 12.4. The van der Waals surface area contributed by atoms with E-state index in [9.17, 15) is 4.79 Å². The Morgan fingerprint density at radius 2 is 1.60 bits per heavy atom. The van der Waals surface area contributed by atoms with Crippen LogP contribution in [0.15, 0.2) is 42.5 Å². The first-order valence-electron chi connectivity index (χ1n) is 9.10. The minimum Gasteiger partial charge on any atom is -0.324 e. The number of nitrogens with one attached hydrogen (secondary N) is 2. The summed E-state index contributed by atoms with van der Waals surface area (Å²) in [7, 11) is 0. The first-order valence-corrected chi connectivity index (χ1v) is 9.10. The zero-order valence-electron chi connectivity index (χ0n) is 16.0. The second kappa shape index (κ2) is 8.82. The molecule has 0 aliphatic rings. The van der Waals surface area contributed by atoms with E-state index in [2.05, 4.69) is 55.7 Å². The zero-order valence-corrected chi connectivity index (χ0v) is 16.0. The molecular weight excluding hydrogens is 308 g/mol. The lowest BCUT2D eigenvalue weighted by Crippen LogP contribution is -2.34. The van der Waals surface area contributed by atoms with Crippen LogP contribution in [-0.4, -0.2) is 12.5 Å². The highest BCUT2D eigenvalue weighted by Gasteiger charge is 2.17. The summed E-state index contributed by atoms with van der Waals surface area (Å²) in [5, 5.41) is 6.46. The summed E-state index contributed by atoms with van der Waals surface area (Å²) in [6.45, 7) is 10.8. The third-order valence-corrected chi connectivity index (χ3v) is 4.64. The molecule has 0 fully saturated rings. The summed E-state index contributed by atoms with van der Waals surface area (Å²) in [6.07, 6.45) is 1.04. The molecule has 0 heterocycles. The van der Waals surface area contributed by atoms with Crippen LogP contribution in [0.2, 0.25) is 0 Å². The summed E-state index contributed by atoms with van der Waals surface area (Å²) in [5.74, 6) is 0.397. The van der Waals surface area contributed by atoms with Crippen LogP contribution in [0.1, 0.15) is 49.1 Å². The average molecular weight is 338 g/mol. The molecular formula is C22H30N2O. The van der Waals surface area contributed by atoms with E-state index in [0.29, 0.717) is 12.5 Å². The topological polar surface area (TPSA) is 41.1 Å². The first-order chi connectivity index (χ1) is 11.9. The molecule has 0 aliphatic heterocycles. The van der Waals surface area contributed by atoms with E-state index in [1.165, 1.54) is 11.1 Å². The lowest BCUT2D eigenvalue weighted by Gasteiger charge is -2.23. The van der Waals surface area contributed by atoms with Gasteiger partial charge in [0, 0.05) is 11.7 Å². The number of carbonyl (C=O) groups is 1. The summed E-state index contributed by atoms with van der Waals surface area (Å²) >= 11 is 0. The Balaban J connectivity index is 2.01. The van der Waals surface area contributed by atoms with Crippen LogP contribution in [-0.2, 0) is 11.2 Å². The van der Waals surface area contributed by atoms with Gasteiger partial charge in [-0.2, -0.15) is 0 Å². The number of anilines is 1. The van der Waals surface area contributed by atoms with E-state index < -0.39 is 0 Å². The summed E-state index contributed by atoms with van der Waals surface area (Å²) in [5.41, 5.74) is 5.65. The van der Waals surface area contributed by atoms with Crippen molar-refractivity contribution in [2.45, 2.75) is 47.1 Å². The molecule has 0 aromatic heterocycles. The largest absolute Gasteiger partial charge is 0.324 e. The van der Waals surface area contributed by atoms with Crippen molar-refractivity contribution in [3.63, 3.8) is 0 Å². The second-order valence-electron chi connectivity index (χ2n) is 7.01. The Bertz CT molecular complexity index is 684. The van der Waals surface area contributed by atoms with Gasteiger partial charge in [0.05, 0.1) is 6.54 Å². The predicted molar refractivity (Wildman–Crippen MR) is 106 cm³/mol. The van der Waals surface area contributed by atoms with Crippen molar-refractivity contribution in [2.75, 3.05) is 11.9 Å². The van der Waals surface area contributed by atoms with Crippen LogP contribution in [0.25, 0.3) is 0 Å². The van der Waals surface area contributed by atoms with Crippen molar-refractivity contribution in [1.82, 2.24) is 5.32 Å². The molecule has 0 unspecified atom stereocenters. The zero-order chi connectivity index (χ0) is 18.4. The number of para-hydroxylation sites is 1. The van der Waals surface area contributed by atoms with Crippen LogP contribution in [0.3, 0.4) is 0 Å². The number of aryl methyl sites for hydroxylation is 3. The number of hydrogen-bond acceptors (Lipinski definition) is 2. The standard InChI is InChI=1S/C22H30N2O/c1-6-18-10-12-19(13-11-18)21(15(2)3)23-14-20(25)24-22-16(4)8-7-9-17(22)5/h7-13,15,21,23H,6,14H2,1-5H3,(H,24,25)/t21-/m0/s1. The molecule has 1 amide bonds. The maximum atomic E-state index is 12.4. The summed E-state index contributed by atoms with van der Waals surface area (Å²) in [6, 6.07) is 14.9. The molecule has 25 heavy (non-hydrogen) atoms. The average Bonchev–Trinajstić information content (AvgIpc) is 2.59. The van der Waals surface area contributed by atoms with Gasteiger partial charge in [0.25, 0.3) is 0 Å². The van der Waals surface area contributed by atoms with Crippen molar-refractivity contribution >= 4 is 11.6 Å². The molecule has 3 heteroatoms. The molecule has 2 aromatic carbocycles. The Morgan fingerprint density at radius 3 is 2.12 bits per heavy atom. The van der Waals surface area contributed by atoms with Gasteiger partial charge in [-0.3, -0.25) is 4.79 Å². The van der Waals surface area contributed by atoms with E-state index in [1.54, 1.807) is 0 Å². The Morgan fingerprint density at radius 1 is 1.00 bits per heavy atom. The van der Waals surface area contributed by atoms with E-state index in [0.717, 1.165) is 23.2 Å². The van der Waals surface area contributed by atoms with Crippen molar-refractivity contribution in [2.24, 2.45) is 5.92 Å². The smallest absolute Gasteiger partial charge is 0.238 e. The SMILES string of the molecule is CCc1ccc([C@@H](NCC(=O)Nc2c(C)cccc2C)C(C)C)cc1. The third kappa shape index (κ3) is 5.17. The van der Waals surface area contributed by atoms with E-state index in [-0.39, 0.29) is 11.9 Å². The molecule has 2 aromatic rings. The van der Waals surface area contributed by atoms with Crippen molar-refractivity contribution in [1.29, 1.82) is 0 Å². The lowest BCUT2D eigenvalue weighted by molar-refractivity contribution is -0.115. The van der Waals surface area contributed by atoms with Crippen LogP contribution in [0.4, 0.5) is 5.69 Å². The van der Waals surface area contributed by atoms with Gasteiger partial charge in [0.2, 0.25) is 5.91 Å². The molecule has 1 atom stereocenters. The fraction of sp³-hybridized carbons (Fsp3) is 0.409. The second-order valence-corrected chi connectivity index (χ2v) is 7.01. The normalized spacial score (nSPS) is 12.2. The van der Waals surface area contributed by atoms with E-state index in [4.69, 9.17) is 0 Å². The third-order valence-electron chi connectivity index (χ3n) is 4.64. The van der Waals surface area contributed by atoms with Crippen LogP contribution >= 0.6 is 0 Å². The number of hydrogen-bond donors (Lipinski definition) is 2. The van der Waals surface area contributed by atoms with E-state index in [1.807, 2.05) is 32.0 Å². The van der Waals surface area contributed by atoms with Crippen molar-refractivity contribution in [3.05, 3.63) is 64.7 Å². The fourth-order valence-corrected chi connectivity index (χ4v) is 3.10. The Hall–Kier alpha value is -2.13. The molecule has 0 aliphatic carbocycles. The predicted octanol–water partition coefficient (Wildman–Crippen LogP) is 4.79. The van der Waals surface area contributed by atoms with Crippen LogP contribution < -0.4 is 10.6 Å². The van der Waals surface area contributed by atoms with Crippen LogP contribution in [0.5, 0.6) is 0 Å². The molecule has 0 saturated heterocycles.